The number of halogens is 2. The highest BCUT2D eigenvalue weighted by atomic mass is 35.5. The Kier molecular flexibility index (Phi) is 6.98. The maximum atomic E-state index is 12.8. The van der Waals surface area contributed by atoms with Crippen LogP contribution in [0, 0.1) is 5.82 Å². The van der Waals surface area contributed by atoms with Crippen LogP contribution in [0.15, 0.2) is 54.2 Å². The van der Waals surface area contributed by atoms with Crippen molar-refractivity contribution in [3.8, 4) is 5.75 Å². The van der Waals surface area contributed by atoms with E-state index in [0.29, 0.717) is 17.4 Å². The first-order chi connectivity index (χ1) is 9.25. The summed E-state index contributed by atoms with van der Waals surface area (Å²) >= 11 is 5.86. The number of hydrogen-bond acceptors (Lipinski definition) is 1. The van der Waals surface area contributed by atoms with Gasteiger partial charge in [-0.2, -0.15) is 0 Å². The molecule has 0 aliphatic heterocycles. The summed E-state index contributed by atoms with van der Waals surface area (Å²) in [6.07, 6.45) is 11.0. The smallest absolute Gasteiger partial charge is 0.138 e. The van der Waals surface area contributed by atoms with E-state index in [2.05, 4.69) is 12.2 Å². The van der Waals surface area contributed by atoms with E-state index in [1.54, 1.807) is 0 Å². The molecule has 1 aromatic rings. The van der Waals surface area contributed by atoms with Crippen LogP contribution in [0.4, 0.5) is 4.39 Å². The Morgan fingerprint density at radius 2 is 2.05 bits per heavy atom. The zero-order valence-electron chi connectivity index (χ0n) is 11.2. The van der Waals surface area contributed by atoms with E-state index in [1.807, 2.05) is 32.1 Å². The number of hydrogen-bond donors (Lipinski definition) is 0. The predicted octanol–water partition coefficient (Wildman–Crippen LogP) is 5.33. The third kappa shape index (κ3) is 5.31. The third-order valence-electron chi connectivity index (χ3n) is 2.36. The van der Waals surface area contributed by atoms with E-state index in [0.717, 1.165) is 12.0 Å². The molecular formula is C16H18ClFO. The standard InChI is InChI=1S/C14H12ClFO.C2H6/c15-13-9-12(16)7-8-14(13)17-10-11-5-3-1-2-4-6-11;1-2/h1-3,5-9H,4,10H2;1-2H3. The van der Waals surface area contributed by atoms with Crippen LogP contribution in [0.5, 0.6) is 5.75 Å². The molecule has 3 heteroatoms. The van der Waals surface area contributed by atoms with Crippen LogP contribution >= 0.6 is 11.6 Å². The van der Waals surface area contributed by atoms with E-state index >= 15 is 0 Å². The van der Waals surface area contributed by atoms with Crippen LogP contribution in [-0.4, -0.2) is 6.61 Å². The van der Waals surface area contributed by atoms with Gasteiger partial charge in [0.15, 0.2) is 0 Å². The SMILES string of the molecule is CC.Fc1ccc(OCC2=CCC=CC=C2)c(Cl)c1. The summed E-state index contributed by atoms with van der Waals surface area (Å²) in [4.78, 5) is 0. The van der Waals surface area contributed by atoms with E-state index < -0.39 is 0 Å². The minimum atomic E-state index is -0.361. The van der Waals surface area contributed by atoms with E-state index in [9.17, 15) is 4.39 Å². The lowest BCUT2D eigenvalue weighted by molar-refractivity contribution is 0.355. The zero-order valence-corrected chi connectivity index (χ0v) is 12.0. The average Bonchev–Trinajstić information content (AvgIpc) is 2.69. The lowest BCUT2D eigenvalue weighted by Gasteiger charge is -2.08. The molecule has 0 heterocycles. The molecule has 0 atom stereocenters. The van der Waals surface area contributed by atoms with Crippen molar-refractivity contribution < 1.29 is 9.13 Å². The molecule has 2 rings (SSSR count). The second-order valence-electron chi connectivity index (χ2n) is 3.67. The highest BCUT2D eigenvalue weighted by Crippen LogP contribution is 2.25. The first-order valence-corrected chi connectivity index (χ1v) is 6.73. The maximum absolute atomic E-state index is 12.8. The second kappa shape index (κ2) is 8.54. The maximum Gasteiger partial charge on any atom is 0.138 e. The van der Waals surface area contributed by atoms with Crippen LogP contribution in [0.1, 0.15) is 20.3 Å². The lowest BCUT2D eigenvalue weighted by Crippen LogP contribution is -2.00. The summed E-state index contributed by atoms with van der Waals surface area (Å²) in [6, 6.07) is 4.12. The van der Waals surface area contributed by atoms with Crippen molar-refractivity contribution in [1.82, 2.24) is 0 Å². The van der Waals surface area contributed by atoms with Gasteiger partial charge in [0.25, 0.3) is 0 Å². The van der Waals surface area contributed by atoms with E-state index in [-0.39, 0.29) is 5.82 Å². The molecule has 0 unspecified atom stereocenters. The predicted molar refractivity (Wildman–Crippen MR) is 79.2 cm³/mol. The lowest BCUT2D eigenvalue weighted by atomic mass is 10.2. The fraction of sp³-hybridized carbons (Fsp3) is 0.250. The van der Waals surface area contributed by atoms with Gasteiger partial charge in [-0.25, -0.2) is 4.39 Å². The van der Waals surface area contributed by atoms with E-state index in [1.165, 1.54) is 18.2 Å². The van der Waals surface area contributed by atoms with Crippen molar-refractivity contribution in [1.29, 1.82) is 0 Å². The first-order valence-electron chi connectivity index (χ1n) is 6.36. The highest BCUT2D eigenvalue weighted by molar-refractivity contribution is 6.32. The summed E-state index contributed by atoms with van der Waals surface area (Å²) in [6.45, 7) is 4.43. The highest BCUT2D eigenvalue weighted by Gasteiger charge is 2.03. The molecule has 1 aliphatic carbocycles. The summed E-state index contributed by atoms with van der Waals surface area (Å²) in [7, 11) is 0. The molecule has 0 saturated carbocycles. The molecule has 1 aliphatic rings. The molecule has 0 aromatic heterocycles. The van der Waals surface area contributed by atoms with Gasteiger partial charge in [-0.05, 0) is 30.2 Å². The second-order valence-corrected chi connectivity index (χ2v) is 4.07. The normalized spacial score (nSPS) is 13.2. The fourth-order valence-corrected chi connectivity index (χ4v) is 1.71. The molecular weight excluding hydrogens is 263 g/mol. The fourth-order valence-electron chi connectivity index (χ4n) is 1.48. The molecule has 0 radical (unpaired) electrons. The van der Waals surface area contributed by atoms with Crippen LogP contribution in [0.2, 0.25) is 5.02 Å². The Morgan fingerprint density at radius 3 is 2.79 bits per heavy atom. The monoisotopic (exact) mass is 280 g/mol. The third-order valence-corrected chi connectivity index (χ3v) is 2.66. The van der Waals surface area contributed by atoms with Crippen molar-refractivity contribution >= 4 is 11.6 Å². The van der Waals surface area contributed by atoms with Gasteiger partial charge in [-0.3, -0.25) is 0 Å². The molecule has 0 fully saturated rings. The number of benzene rings is 1. The minimum Gasteiger partial charge on any atom is -0.487 e. The summed E-state index contributed by atoms with van der Waals surface area (Å²) in [5.74, 6) is 0.139. The molecule has 0 saturated heterocycles. The van der Waals surface area contributed by atoms with Gasteiger partial charge in [0, 0.05) is 0 Å². The molecule has 102 valence electrons. The Balaban J connectivity index is 0.000000861. The van der Waals surface area contributed by atoms with Crippen molar-refractivity contribution in [2.24, 2.45) is 0 Å². The largest absolute Gasteiger partial charge is 0.487 e. The quantitative estimate of drug-likeness (QED) is 0.727. The van der Waals surface area contributed by atoms with Crippen molar-refractivity contribution in [2.45, 2.75) is 20.3 Å². The van der Waals surface area contributed by atoms with E-state index in [4.69, 9.17) is 16.3 Å². The minimum absolute atomic E-state index is 0.293. The van der Waals surface area contributed by atoms with Crippen LogP contribution in [0.3, 0.4) is 0 Å². The van der Waals surface area contributed by atoms with Gasteiger partial charge >= 0.3 is 0 Å². The summed E-state index contributed by atoms with van der Waals surface area (Å²) in [5, 5.41) is 0.293. The summed E-state index contributed by atoms with van der Waals surface area (Å²) < 4.78 is 18.4. The molecule has 0 amide bonds. The van der Waals surface area contributed by atoms with Gasteiger partial charge in [0.2, 0.25) is 0 Å². The van der Waals surface area contributed by atoms with Gasteiger partial charge in [-0.15, -0.1) is 0 Å². The average molecular weight is 281 g/mol. The van der Waals surface area contributed by atoms with Gasteiger partial charge < -0.3 is 4.74 Å². The van der Waals surface area contributed by atoms with Crippen LogP contribution < -0.4 is 4.74 Å². The zero-order chi connectivity index (χ0) is 14.1. The first kappa shape index (κ1) is 15.5. The Hall–Kier alpha value is -1.54. The molecule has 1 nitrogen and oxygen atoms in total. The summed E-state index contributed by atoms with van der Waals surface area (Å²) in [5.41, 5.74) is 1.08. The molecule has 19 heavy (non-hydrogen) atoms. The number of ether oxygens (including phenoxy) is 1. The van der Waals surface area contributed by atoms with Crippen molar-refractivity contribution in [3.63, 3.8) is 0 Å². The molecule has 0 N–H and O–H groups in total. The Labute approximate surface area is 119 Å². The number of allylic oxidation sites excluding steroid dienone is 4. The van der Waals surface area contributed by atoms with Crippen molar-refractivity contribution in [2.75, 3.05) is 6.61 Å². The van der Waals surface area contributed by atoms with Crippen molar-refractivity contribution in [3.05, 3.63) is 65.0 Å². The van der Waals surface area contributed by atoms with Crippen LogP contribution in [-0.2, 0) is 0 Å². The van der Waals surface area contributed by atoms with Gasteiger partial charge in [0.1, 0.15) is 18.2 Å². The Morgan fingerprint density at radius 1 is 1.26 bits per heavy atom. The Bertz CT molecular complexity index is 490. The molecule has 0 spiro atoms. The molecule has 1 aromatic carbocycles. The van der Waals surface area contributed by atoms with Crippen LogP contribution in [0.25, 0.3) is 0 Å². The van der Waals surface area contributed by atoms with Gasteiger partial charge in [0.05, 0.1) is 5.02 Å². The molecule has 0 bridgehead atoms. The number of rotatable bonds is 3. The topological polar surface area (TPSA) is 9.23 Å². The van der Waals surface area contributed by atoms with Gasteiger partial charge in [-0.1, -0.05) is 55.8 Å².